The van der Waals surface area contributed by atoms with Crippen LogP contribution in [0.5, 0.6) is 0 Å². The zero-order valence-electron chi connectivity index (χ0n) is 13.8. The largest absolute Gasteiger partial charge is 0.359 e. The van der Waals surface area contributed by atoms with Crippen LogP contribution in [0.3, 0.4) is 0 Å². The fraction of sp³-hybridized carbons (Fsp3) is 0.150. The molecule has 0 saturated heterocycles. The average Bonchev–Trinajstić information content (AvgIpc) is 3.21. The molecule has 0 spiro atoms. The average molecular weight is 335 g/mol. The second-order valence-electron chi connectivity index (χ2n) is 6.20. The number of aromatic amines is 2. The Balaban J connectivity index is 1.46. The van der Waals surface area contributed by atoms with Crippen molar-refractivity contribution in [1.82, 2.24) is 15.3 Å². The number of H-pyrrole nitrogens is 2. The molecule has 5 heteroatoms. The molecule has 2 aromatic carbocycles. The van der Waals surface area contributed by atoms with Gasteiger partial charge >= 0.3 is 0 Å². The van der Waals surface area contributed by atoms with Crippen LogP contribution in [0.15, 0.2) is 48.7 Å². The van der Waals surface area contributed by atoms with E-state index < -0.39 is 0 Å². The third kappa shape index (κ3) is 2.78. The highest BCUT2D eigenvalue weighted by Crippen LogP contribution is 2.21. The Hall–Kier alpha value is -3.08. The van der Waals surface area contributed by atoms with Crippen LogP contribution >= 0.6 is 0 Å². The molecule has 1 amide bonds. The van der Waals surface area contributed by atoms with Gasteiger partial charge in [-0.3, -0.25) is 4.79 Å². The molecule has 2 aromatic heterocycles. The SMILES string of the molecule is Cc1cccc2cc(C(=O)NCCc3c[nH]c4c(F)cccc34)[nH]c12. The number of hydrogen-bond acceptors (Lipinski definition) is 1. The van der Waals surface area contributed by atoms with E-state index in [-0.39, 0.29) is 11.7 Å². The monoisotopic (exact) mass is 335 g/mol. The molecule has 0 aliphatic rings. The van der Waals surface area contributed by atoms with Crippen molar-refractivity contribution in [2.24, 2.45) is 0 Å². The number of aromatic nitrogens is 2. The Kier molecular flexibility index (Phi) is 3.76. The van der Waals surface area contributed by atoms with Crippen LogP contribution in [0, 0.1) is 12.7 Å². The molecule has 2 heterocycles. The van der Waals surface area contributed by atoms with Crippen LogP contribution in [0.1, 0.15) is 21.6 Å². The summed E-state index contributed by atoms with van der Waals surface area (Å²) in [6.45, 7) is 2.49. The highest BCUT2D eigenvalue weighted by Gasteiger charge is 2.11. The lowest BCUT2D eigenvalue weighted by Gasteiger charge is -2.03. The van der Waals surface area contributed by atoms with Crippen molar-refractivity contribution in [1.29, 1.82) is 0 Å². The van der Waals surface area contributed by atoms with Gasteiger partial charge in [-0.25, -0.2) is 4.39 Å². The third-order valence-electron chi connectivity index (χ3n) is 4.54. The smallest absolute Gasteiger partial charge is 0.267 e. The van der Waals surface area contributed by atoms with Gasteiger partial charge in [0, 0.05) is 29.0 Å². The van der Waals surface area contributed by atoms with E-state index in [2.05, 4.69) is 15.3 Å². The molecule has 0 aliphatic heterocycles. The Bertz CT molecular complexity index is 1080. The van der Waals surface area contributed by atoms with Gasteiger partial charge in [0.2, 0.25) is 0 Å². The van der Waals surface area contributed by atoms with Crippen molar-refractivity contribution in [3.8, 4) is 0 Å². The van der Waals surface area contributed by atoms with Crippen molar-refractivity contribution in [2.75, 3.05) is 6.54 Å². The van der Waals surface area contributed by atoms with E-state index >= 15 is 0 Å². The van der Waals surface area contributed by atoms with Crippen LogP contribution in [0.2, 0.25) is 0 Å². The fourth-order valence-electron chi connectivity index (χ4n) is 3.22. The molecule has 126 valence electrons. The Labute approximate surface area is 144 Å². The number of para-hydroxylation sites is 2. The molecular formula is C20H18FN3O. The number of hydrogen-bond donors (Lipinski definition) is 3. The summed E-state index contributed by atoms with van der Waals surface area (Å²) in [5.41, 5.74) is 4.14. The lowest BCUT2D eigenvalue weighted by Crippen LogP contribution is -2.25. The quantitative estimate of drug-likeness (QED) is 0.517. The minimum Gasteiger partial charge on any atom is -0.359 e. The number of rotatable bonds is 4. The maximum atomic E-state index is 13.7. The Morgan fingerprint density at radius 2 is 2.00 bits per heavy atom. The molecule has 0 radical (unpaired) electrons. The van der Waals surface area contributed by atoms with Gasteiger partial charge in [-0.2, -0.15) is 0 Å². The van der Waals surface area contributed by atoms with Crippen molar-refractivity contribution < 1.29 is 9.18 Å². The summed E-state index contributed by atoms with van der Waals surface area (Å²) in [6, 6.07) is 12.8. The number of carbonyl (C=O) groups is 1. The predicted molar refractivity (Wildman–Crippen MR) is 97.3 cm³/mol. The van der Waals surface area contributed by atoms with Crippen molar-refractivity contribution in [3.63, 3.8) is 0 Å². The molecule has 0 aliphatic carbocycles. The van der Waals surface area contributed by atoms with Gasteiger partial charge in [-0.15, -0.1) is 0 Å². The summed E-state index contributed by atoms with van der Waals surface area (Å²) < 4.78 is 13.7. The second kappa shape index (κ2) is 6.09. The second-order valence-corrected chi connectivity index (χ2v) is 6.20. The molecule has 0 fully saturated rings. The van der Waals surface area contributed by atoms with E-state index in [1.807, 2.05) is 37.3 Å². The first-order valence-electron chi connectivity index (χ1n) is 8.24. The number of carbonyl (C=O) groups excluding carboxylic acids is 1. The number of halogens is 1. The van der Waals surface area contributed by atoms with Gasteiger partial charge in [-0.1, -0.05) is 30.3 Å². The van der Waals surface area contributed by atoms with Gasteiger partial charge in [0.1, 0.15) is 11.5 Å². The number of nitrogens with one attached hydrogen (secondary N) is 3. The van der Waals surface area contributed by atoms with Gasteiger partial charge in [0.25, 0.3) is 5.91 Å². The molecular weight excluding hydrogens is 317 g/mol. The molecule has 25 heavy (non-hydrogen) atoms. The van der Waals surface area contributed by atoms with E-state index in [0.717, 1.165) is 27.4 Å². The van der Waals surface area contributed by atoms with Crippen LogP contribution in [-0.2, 0) is 6.42 Å². The maximum Gasteiger partial charge on any atom is 0.267 e. The summed E-state index contributed by atoms with van der Waals surface area (Å²) in [5, 5.41) is 4.80. The maximum absolute atomic E-state index is 13.7. The Morgan fingerprint density at radius 3 is 2.84 bits per heavy atom. The van der Waals surface area contributed by atoms with Gasteiger partial charge in [-0.05, 0) is 36.6 Å². The van der Waals surface area contributed by atoms with Crippen LogP contribution < -0.4 is 5.32 Å². The molecule has 4 rings (SSSR count). The lowest BCUT2D eigenvalue weighted by molar-refractivity contribution is 0.0950. The lowest BCUT2D eigenvalue weighted by atomic mass is 10.1. The number of amides is 1. The topological polar surface area (TPSA) is 60.7 Å². The molecule has 3 N–H and O–H groups in total. The highest BCUT2D eigenvalue weighted by atomic mass is 19.1. The fourth-order valence-corrected chi connectivity index (χ4v) is 3.22. The van der Waals surface area contributed by atoms with E-state index in [0.29, 0.717) is 24.2 Å². The zero-order chi connectivity index (χ0) is 17.4. The summed E-state index contributed by atoms with van der Waals surface area (Å²) in [7, 11) is 0. The van der Waals surface area contributed by atoms with Gasteiger partial charge < -0.3 is 15.3 Å². The number of fused-ring (bicyclic) bond motifs is 2. The molecule has 4 aromatic rings. The summed E-state index contributed by atoms with van der Waals surface area (Å²) in [5.74, 6) is -0.400. The standard InChI is InChI=1S/C20H18FN3O/c1-12-4-2-5-13-10-17(24-18(12)13)20(25)22-9-8-14-11-23-19-15(14)6-3-7-16(19)21/h2-7,10-11,23-24H,8-9H2,1H3,(H,22,25). The zero-order valence-corrected chi connectivity index (χ0v) is 13.8. The first-order valence-corrected chi connectivity index (χ1v) is 8.24. The minimum atomic E-state index is -0.263. The highest BCUT2D eigenvalue weighted by molar-refractivity contribution is 5.98. The van der Waals surface area contributed by atoms with E-state index in [4.69, 9.17) is 0 Å². The first-order chi connectivity index (χ1) is 12.1. The van der Waals surface area contributed by atoms with Crippen LogP contribution in [0.25, 0.3) is 21.8 Å². The van der Waals surface area contributed by atoms with E-state index in [1.54, 1.807) is 12.3 Å². The molecule has 4 nitrogen and oxygen atoms in total. The molecule has 0 atom stereocenters. The van der Waals surface area contributed by atoms with Crippen molar-refractivity contribution in [3.05, 3.63) is 71.3 Å². The summed E-state index contributed by atoms with van der Waals surface area (Å²) >= 11 is 0. The van der Waals surface area contributed by atoms with Gasteiger partial charge in [0.05, 0.1) is 5.52 Å². The minimum absolute atomic E-state index is 0.137. The normalized spacial score (nSPS) is 11.3. The third-order valence-corrected chi connectivity index (χ3v) is 4.54. The molecule has 0 unspecified atom stereocenters. The summed E-state index contributed by atoms with van der Waals surface area (Å²) in [4.78, 5) is 18.5. The van der Waals surface area contributed by atoms with Gasteiger partial charge in [0.15, 0.2) is 0 Å². The van der Waals surface area contributed by atoms with Crippen LogP contribution in [-0.4, -0.2) is 22.4 Å². The first kappa shape index (κ1) is 15.4. The predicted octanol–water partition coefficient (Wildman–Crippen LogP) is 4.07. The molecule has 0 saturated carbocycles. The Morgan fingerprint density at radius 1 is 1.16 bits per heavy atom. The number of aryl methyl sites for hydroxylation is 1. The van der Waals surface area contributed by atoms with Crippen LogP contribution in [0.4, 0.5) is 4.39 Å². The van der Waals surface area contributed by atoms with E-state index in [1.165, 1.54) is 6.07 Å². The summed E-state index contributed by atoms with van der Waals surface area (Å²) in [6.07, 6.45) is 2.43. The molecule has 0 bridgehead atoms. The number of benzene rings is 2. The van der Waals surface area contributed by atoms with E-state index in [9.17, 15) is 9.18 Å². The van der Waals surface area contributed by atoms with Crippen molar-refractivity contribution >= 4 is 27.7 Å². The van der Waals surface area contributed by atoms with Crippen molar-refractivity contribution in [2.45, 2.75) is 13.3 Å².